The van der Waals surface area contributed by atoms with Crippen LogP contribution in [0.3, 0.4) is 0 Å². The highest BCUT2D eigenvalue weighted by Gasteiger charge is 2.28. The molecule has 2 N–H and O–H groups in total. The normalized spacial score (nSPS) is 19.8. The molecule has 2 heterocycles. The van der Waals surface area contributed by atoms with Gasteiger partial charge in [0.1, 0.15) is 0 Å². The molecule has 1 aromatic carbocycles. The summed E-state index contributed by atoms with van der Waals surface area (Å²) in [7, 11) is -1.33. The number of nitrogens with one attached hydrogen (secondary N) is 2. The van der Waals surface area contributed by atoms with Crippen molar-refractivity contribution in [1.29, 1.82) is 0 Å². The van der Waals surface area contributed by atoms with E-state index in [1.54, 1.807) is 19.2 Å². The number of halogens is 1. The second-order valence-electron chi connectivity index (χ2n) is 5.69. The van der Waals surface area contributed by atoms with Gasteiger partial charge in [0.15, 0.2) is 15.8 Å². The fourth-order valence-corrected chi connectivity index (χ4v) is 4.39. The molecule has 134 valence electrons. The second-order valence-corrected chi connectivity index (χ2v) is 8.36. The smallest absolute Gasteiger partial charge is 0.246 e. The number of aromatic nitrogens is 2. The highest BCUT2D eigenvalue weighted by molar-refractivity contribution is 7.91. The van der Waals surface area contributed by atoms with Gasteiger partial charge in [-0.05, 0) is 18.6 Å². The molecule has 8 nitrogen and oxygen atoms in total. The van der Waals surface area contributed by atoms with Crippen molar-refractivity contribution in [2.24, 2.45) is 4.99 Å². The van der Waals surface area contributed by atoms with Crippen LogP contribution in [-0.2, 0) is 16.4 Å². The lowest BCUT2D eigenvalue weighted by Gasteiger charge is -2.14. The van der Waals surface area contributed by atoms with Crippen LogP contribution in [-0.4, -0.2) is 49.1 Å². The summed E-state index contributed by atoms with van der Waals surface area (Å²) < 4.78 is 28.2. The van der Waals surface area contributed by atoms with Gasteiger partial charge >= 0.3 is 0 Å². The van der Waals surface area contributed by atoms with E-state index in [9.17, 15) is 8.42 Å². The van der Waals surface area contributed by atoms with Gasteiger partial charge in [-0.2, -0.15) is 4.98 Å². The molecule has 1 aromatic heterocycles. The highest BCUT2D eigenvalue weighted by atomic mass is 35.5. The third-order valence-corrected chi connectivity index (χ3v) is 5.76. The summed E-state index contributed by atoms with van der Waals surface area (Å²) in [6.07, 6.45) is 0.572. The molecule has 25 heavy (non-hydrogen) atoms. The maximum absolute atomic E-state index is 11.5. The molecule has 1 aliphatic heterocycles. The number of hydrogen-bond acceptors (Lipinski definition) is 6. The van der Waals surface area contributed by atoms with E-state index in [-0.39, 0.29) is 24.1 Å². The highest BCUT2D eigenvalue weighted by Crippen LogP contribution is 2.19. The number of benzene rings is 1. The number of hydrogen-bond donors (Lipinski definition) is 2. The molecule has 0 aliphatic carbocycles. The van der Waals surface area contributed by atoms with Gasteiger partial charge in [-0.3, -0.25) is 4.99 Å². The summed E-state index contributed by atoms with van der Waals surface area (Å²) in [5, 5.41) is 10.7. The van der Waals surface area contributed by atoms with Crippen molar-refractivity contribution in [2.45, 2.75) is 19.0 Å². The third-order valence-electron chi connectivity index (χ3n) is 3.75. The maximum atomic E-state index is 11.5. The average Bonchev–Trinajstić information content (AvgIpc) is 3.18. The second kappa shape index (κ2) is 7.40. The lowest BCUT2D eigenvalue weighted by atomic mass is 10.2. The van der Waals surface area contributed by atoms with Gasteiger partial charge in [-0.15, -0.1) is 0 Å². The average molecular weight is 384 g/mol. The zero-order valence-electron chi connectivity index (χ0n) is 13.6. The third kappa shape index (κ3) is 4.70. The van der Waals surface area contributed by atoms with Gasteiger partial charge in [-0.25, -0.2) is 8.42 Å². The fraction of sp³-hybridized carbons (Fsp3) is 0.400. The molecular weight excluding hydrogens is 366 g/mol. The van der Waals surface area contributed by atoms with Crippen LogP contribution in [0.1, 0.15) is 12.3 Å². The van der Waals surface area contributed by atoms with Crippen molar-refractivity contribution in [3.63, 3.8) is 0 Å². The first-order valence-corrected chi connectivity index (χ1v) is 9.91. The molecule has 0 saturated carbocycles. The largest absolute Gasteiger partial charge is 0.353 e. The van der Waals surface area contributed by atoms with Crippen molar-refractivity contribution >= 4 is 27.4 Å². The minimum absolute atomic E-state index is 0.118. The van der Waals surface area contributed by atoms with Crippen molar-refractivity contribution in [1.82, 2.24) is 20.8 Å². The molecule has 0 radical (unpaired) electrons. The van der Waals surface area contributed by atoms with Crippen molar-refractivity contribution < 1.29 is 12.9 Å². The summed E-state index contributed by atoms with van der Waals surface area (Å²) in [6.45, 7) is 0.271. The van der Waals surface area contributed by atoms with Crippen LogP contribution < -0.4 is 10.6 Å². The van der Waals surface area contributed by atoms with Gasteiger partial charge < -0.3 is 15.2 Å². The van der Waals surface area contributed by atoms with Crippen LogP contribution in [0.2, 0.25) is 5.02 Å². The minimum Gasteiger partial charge on any atom is -0.353 e. The molecule has 1 unspecified atom stereocenters. The molecule has 1 fully saturated rings. The van der Waals surface area contributed by atoms with Crippen LogP contribution in [0, 0.1) is 0 Å². The number of nitrogens with zero attached hydrogens (tertiary/aromatic N) is 3. The van der Waals surface area contributed by atoms with E-state index in [1.807, 2.05) is 12.1 Å². The zero-order valence-corrected chi connectivity index (χ0v) is 15.1. The van der Waals surface area contributed by atoms with Crippen LogP contribution >= 0.6 is 11.6 Å². The standard InChI is InChI=1S/C15H18ClN5O3S/c1-17-15(19-12-5-6-25(22,23)9-12)18-8-13-20-14(21-24-13)10-3-2-4-11(16)7-10/h2-4,7,12H,5-6,8-9H2,1H3,(H2,17,18,19). The Morgan fingerprint density at radius 3 is 3.00 bits per heavy atom. The Bertz CT molecular complexity index is 881. The van der Waals surface area contributed by atoms with Crippen molar-refractivity contribution in [2.75, 3.05) is 18.6 Å². The van der Waals surface area contributed by atoms with Crippen molar-refractivity contribution in [3.05, 3.63) is 35.2 Å². The Morgan fingerprint density at radius 2 is 2.32 bits per heavy atom. The Balaban J connectivity index is 1.58. The first kappa shape index (κ1) is 17.7. The van der Waals surface area contributed by atoms with E-state index in [1.165, 1.54) is 0 Å². The van der Waals surface area contributed by atoms with E-state index in [0.29, 0.717) is 29.1 Å². The Hall–Kier alpha value is -2.13. The number of rotatable bonds is 4. The van der Waals surface area contributed by atoms with Gasteiger partial charge in [0.2, 0.25) is 11.7 Å². The van der Waals surface area contributed by atoms with Crippen molar-refractivity contribution in [3.8, 4) is 11.4 Å². The quantitative estimate of drug-likeness (QED) is 0.603. The van der Waals surface area contributed by atoms with E-state index < -0.39 is 9.84 Å². The first-order valence-electron chi connectivity index (χ1n) is 7.71. The van der Waals surface area contributed by atoms with E-state index >= 15 is 0 Å². The van der Waals surface area contributed by atoms with Gasteiger partial charge in [0, 0.05) is 23.7 Å². The minimum atomic E-state index is -2.94. The summed E-state index contributed by atoms with van der Waals surface area (Å²) >= 11 is 5.96. The summed E-state index contributed by atoms with van der Waals surface area (Å²) in [5.74, 6) is 1.65. The predicted octanol–water partition coefficient (Wildman–Crippen LogP) is 1.24. The predicted molar refractivity (Wildman–Crippen MR) is 95.1 cm³/mol. The lowest BCUT2D eigenvalue weighted by molar-refractivity contribution is 0.375. The van der Waals surface area contributed by atoms with Gasteiger partial charge in [0.05, 0.1) is 18.1 Å². The van der Waals surface area contributed by atoms with Crippen LogP contribution in [0.15, 0.2) is 33.8 Å². The number of guanidine groups is 1. The molecule has 1 aliphatic rings. The molecule has 3 rings (SSSR count). The molecule has 1 saturated heterocycles. The van der Waals surface area contributed by atoms with E-state index in [2.05, 4.69) is 25.8 Å². The topological polar surface area (TPSA) is 109 Å². The Kier molecular flexibility index (Phi) is 5.24. The molecule has 0 amide bonds. The Labute approximate surface area is 150 Å². The van der Waals surface area contributed by atoms with Crippen LogP contribution in [0.4, 0.5) is 0 Å². The maximum Gasteiger partial charge on any atom is 0.246 e. The summed E-state index contributed by atoms with van der Waals surface area (Å²) in [5.41, 5.74) is 0.765. The molecule has 10 heteroatoms. The van der Waals surface area contributed by atoms with Gasteiger partial charge in [-0.1, -0.05) is 28.9 Å². The fourth-order valence-electron chi connectivity index (χ4n) is 2.53. The Morgan fingerprint density at radius 1 is 1.48 bits per heavy atom. The van der Waals surface area contributed by atoms with E-state index in [0.717, 1.165) is 5.56 Å². The molecule has 0 spiro atoms. The molecule has 0 bridgehead atoms. The molecular formula is C15H18ClN5O3S. The molecule has 2 aromatic rings. The van der Waals surface area contributed by atoms with E-state index in [4.69, 9.17) is 16.1 Å². The number of aliphatic imine (C=N–C) groups is 1. The zero-order chi connectivity index (χ0) is 17.9. The summed E-state index contributed by atoms with van der Waals surface area (Å²) in [4.78, 5) is 8.39. The lowest BCUT2D eigenvalue weighted by Crippen LogP contribution is -2.43. The summed E-state index contributed by atoms with van der Waals surface area (Å²) in [6, 6.07) is 7.04. The first-order chi connectivity index (χ1) is 11.9. The van der Waals surface area contributed by atoms with Crippen LogP contribution in [0.25, 0.3) is 11.4 Å². The SMILES string of the molecule is CN=C(NCc1nc(-c2cccc(Cl)c2)no1)NC1CCS(=O)(=O)C1. The number of sulfone groups is 1. The monoisotopic (exact) mass is 383 g/mol. The van der Waals surface area contributed by atoms with Gasteiger partial charge in [0.25, 0.3) is 0 Å². The molecule has 1 atom stereocenters. The van der Waals surface area contributed by atoms with Crippen LogP contribution in [0.5, 0.6) is 0 Å².